The summed E-state index contributed by atoms with van der Waals surface area (Å²) >= 11 is 0. The van der Waals surface area contributed by atoms with Crippen molar-refractivity contribution >= 4 is 5.91 Å². The van der Waals surface area contributed by atoms with Crippen molar-refractivity contribution in [2.45, 2.75) is 25.7 Å². The molecular formula is C14H19NO3. The first kappa shape index (κ1) is 13.1. The highest BCUT2D eigenvalue weighted by Gasteiger charge is 2.12. The number of benzene rings is 1. The summed E-state index contributed by atoms with van der Waals surface area (Å²) in [6.45, 7) is 0.817. The van der Waals surface area contributed by atoms with E-state index in [4.69, 9.17) is 9.57 Å². The van der Waals surface area contributed by atoms with E-state index in [1.165, 1.54) is 24.0 Å². The third kappa shape index (κ3) is 3.31. The standard InChI is InChI=1S/C14H19NO3/c1-17-8-9-18-15-14(16)13-7-6-11-4-2-3-5-12(11)10-13/h6-7,10H,2-5,8-9H2,1H3,(H,15,16). The van der Waals surface area contributed by atoms with Gasteiger partial charge in [0.05, 0.1) is 13.2 Å². The maximum atomic E-state index is 11.8. The summed E-state index contributed by atoms with van der Waals surface area (Å²) < 4.78 is 4.83. The molecule has 0 saturated heterocycles. The fourth-order valence-corrected chi connectivity index (χ4v) is 2.18. The zero-order valence-electron chi connectivity index (χ0n) is 10.7. The lowest BCUT2D eigenvalue weighted by molar-refractivity contribution is 0.00888. The summed E-state index contributed by atoms with van der Waals surface area (Å²) in [5.41, 5.74) is 5.75. The molecule has 0 saturated carbocycles. The smallest absolute Gasteiger partial charge is 0.274 e. The first-order valence-corrected chi connectivity index (χ1v) is 6.34. The topological polar surface area (TPSA) is 47.6 Å². The van der Waals surface area contributed by atoms with Gasteiger partial charge in [-0.3, -0.25) is 9.63 Å². The van der Waals surface area contributed by atoms with Gasteiger partial charge in [0.1, 0.15) is 0 Å². The molecule has 1 aliphatic rings. The van der Waals surface area contributed by atoms with Crippen LogP contribution in [0.4, 0.5) is 0 Å². The Kier molecular flexibility index (Phi) is 4.73. The number of rotatable bonds is 5. The number of fused-ring (bicyclic) bond motifs is 1. The first-order valence-electron chi connectivity index (χ1n) is 6.34. The molecular weight excluding hydrogens is 230 g/mol. The maximum absolute atomic E-state index is 11.8. The molecule has 0 aliphatic heterocycles. The van der Waals surface area contributed by atoms with Gasteiger partial charge in [0.15, 0.2) is 0 Å². The van der Waals surface area contributed by atoms with E-state index in [2.05, 4.69) is 11.5 Å². The minimum atomic E-state index is -0.195. The number of carbonyl (C=O) groups excluding carboxylic acids is 1. The van der Waals surface area contributed by atoms with Crippen molar-refractivity contribution in [1.82, 2.24) is 5.48 Å². The second kappa shape index (κ2) is 6.52. The van der Waals surface area contributed by atoms with Crippen molar-refractivity contribution in [3.05, 3.63) is 34.9 Å². The van der Waals surface area contributed by atoms with Gasteiger partial charge < -0.3 is 4.74 Å². The van der Waals surface area contributed by atoms with Gasteiger partial charge >= 0.3 is 0 Å². The summed E-state index contributed by atoms with van der Waals surface area (Å²) in [5, 5.41) is 0. The summed E-state index contributed by atoms with van der Waals surface area (Å²) in [6.07, 6.45) is 4.66. The average Bonchev–Trinajstić information content (AvgIpc) is 2.43. The van der Waals surface area contributed by atoms with Crippen LogP contribution in [-0.4, -0.2) is 26.2 Å². The number of aryl methyl sites for hydroxylation is 2. The molecule has 1 aliphatic carbocycles. The van der Waals surface area contributed by atoms with Crippen LogP contribution in [-0.2, 0) is 22.4 Å². The number of amides is 1. The fraction of sp³-hybridized carbons (Fsp3) is 0.500. The zero-order valence-corrected chi connectivity index (χ0v) is 10.7. The van der Waals surface area contributed by atoms with E-state index in [1.54, 1.807) is 7.11 Å². The monoisotopic (exact) mass is 249 g/mol. The lowest BCUT2D eigenvalue weighted by Crippen LogP contribution is -2.25. The third-order valence-corrected chi connectivity index (χ3v) is 3.17. The summed E-state index contributed by atoms with van der Waals surface area (Å²) in [4.78, 5) is 16.8. The van der Waals surface area contributed by atoms with Crippen LogP contribution in [0.3, 0.4) is 0 Å². The largest absolute Gasteiger partial charge is 0.382 e. The molecule has 1 N–H and O–H groups in total. The van der Waals surface area contributed by atoms with E-state index < -0.39 is 0 Å². The predicted molar refractivity (Wildman–Crippen MR) is 68.4 cm³/mol. The van der Waals surface area contributed by atoms with Crippen LogP contribution in [0.5, 0.6) is 0 Å². The highest BCUT2D eigenvalue weighted by molar-refractivity contribution is 5.93. The summed E-state index contributed by atoms with van der Waals surface area (Å²) in [6, 6.07) is 5.89. The van der Waals surface area contributed by atoms with E-state index >= 15 is 0 Å². The number of carbonyl (C=O) groups is 1. The summed E-state index contributed by atoms with van der Waals surface area (Å²) in [5.74, 6) is -0.195. The lowest BCUT2D eigenvalue weighted by Gasteiger charge is -2.16. The number of hydroxylamine groups is 1. The molecule has 0 aromatic heterocycles. The van der Waals surface area contributed by atoms with Gasteiger partial charge in [-0.25, -0.2) is 5.48 Å². The van der Waals surface area contributed by atoms with Crippen LogP contribution in [0.1, 0.15) is 34.3 Å². The maximum Gasteiger partial charge on any atom is 0.274 e. The van der Waals surface area contributed by atoms with Crippen molar-refractivity contribution in [3.8, 4) is 0 Å². The zero-order chi connectivity index (χ0) is 12.8. The minimum absolute atomic E-state index is 0.195. The average molecular weight is 249 g/mol. The van der Waals surface area contributed by atoms with Crippen LogP contribution in [0, 0.1) is 0 Å². The molecule has 1 aromatic carbocycles. The third-order valence-electron chi connectivity index (χ3n) is 3.17. The molecule has 0 atom stereocenters. The number of nitrogens with one attached hydrogen (secondary N) is 1. The van der Waals surface area contributed by atoms with Crippen molar-refractivity contribution in [1.29, 1.82) is 0 Å². The van der Waals surface area contributed by atoms with Gasteiger partial charge in [-0.15, -0.1) is 0 Å². The van der Waals surface area contributed by atoms with Gasteiger partial charge in [-0.1, -0.05) is 6.07 Å². The quantitative estimate of drug-likeness (QED) is 0.640. The van der Waals surface area contributed by atoms with Crippen molar-refractivity contribution < 1.29 is 14.4 Å². The minimum Gasteiger partial charge on any atom is -0.382 e. The van der Waals surface area contributed by atoms with Crippen LogP contribution < -0.4 is 5.48 Å². The van der Waals surface area contributed by atoms with Crippen molar-refractivity contribution in [2.75, 3.05) is 20.3 Å². The van der Waals surface area contributed by atoms with E-state index in [0.717, 1.165) is 12.8 Å². The Morgan fingerprint density at radius 1 is 1.22 bits per heavy atom. The number of methoxy groups -OCH3 is 1. The molecule has 18 heavy (non-hydrogen) atoms. The highest BCUT2D eigenvalue weighted by atomic mass is 16.7. The number of hydrogen-bond donors (Lipinski definition) is 1. The van der Waals surface area contributed by atoms with Gasteiger partial charge in [0.25, 0.3) is 5.91 Å². The van der Waals surface area contributed by atoms with Crippen molar-refractivity contribution in [2.24, 2.45) is 0 Å². The Hall–Kier alpha value is -1.39. The molecule has 0 spiro atoms. The molecule has 0 heterocycles. The molecule has 0 unspecified atom stereocenters. The molecule has 4 heteroatoms. The number of hydrogen-bond acceptors (Lipinski definition) is 3. The van der Waals surface area contributed by atoms with Crippen LogP contribution >= 0.6 is 0 Å². The Morgan fingerprint density at radius 3 is 2.78 bits per heavy atom. The molecule has 1 aromatic rings. The van der Waals surface area contributed by atoms with Crippen LogP contribution in [0.25, 0.3) is 0 Å². The Morgan fingerprint density at radius 2 is 2.00 bits per heavy atom. The van der Waals surface area contributed by atoms with E-state index in [9.17, 15) is 4.79 Å². The fourth-order valence-electron chi connectivity index (χ4n) is 2.18. The Balaban J connectivity index is 1.94. The second-order valence-corrected chi connectivity index (χ2v) is 4.46. The summed E-state index contributed by atoms with van der Waals surface area (Å²) in [7, 11) is 1.59. The molecule has 0 fully saturated rings. The predicted octanol–water partition coefficient (Wildman–Crippen LogP) is 1.87. The molecule has 4 nitrogen and oxygen atoms in total. The SMILES string of the molecule is COCCONC(=O)c1ccc2c(c1)CCCC2. The van der Waals surface area contributed by atoms with E-state index in [0.29, 0.717) is 18.8 Å². The molecule has 2 rings (SSSR count). The normalized spacial score (nSPS) is 14.1. The van der Waals surface area contributed by atoms with Gasteiger partial charge in [0, 0.05) is 12.7 Å². The van der Waals surface area contributed by atoms with Crippen molar-refractivity contribution in [3.63, 3.8) is 0 Å². The van der Waals surface area contributed by atoms with Gasteiger partial charge in [-0.05, 0) is 48.9 Å². The highest BCUT2D eigenvalue weighted by Crippen LogP contribution is 2.22. The van der Waals surface area contributed by atoms with Crippen LogP contribution in [0.2, 0.25) is 0 Å². The molecule has 0 bridgehead atoms. The Bertz CT molecular complexity index is 418. The molecule has 98 valence electrons. The van der Waals surface area contributed by atoms with Gasteiger partial charge in [0.2, 0.25) is 0 Å². The first-order chi connectivity index (χ1) is 8.81. The van der Waals surface area contributed by atoms with Gasteiger partial charge in [-0.2, -0.15) is 0 Å². The molecule has 0 radical (unpaired) electrons. The van der Waals surface area contributed by atoms with E-state index in [-0.39, 0.29) is 5.91 Å². The Labute approximate surface area is 107 Å². The lowest BCUT2D eigenvalue weighted by atomic mass is 9.90. The van der Waals surface area contributed by atoms with E-state index in [1.807, 2.05) is 12.1 Å². The van der Waals surface area contributed by atoms with Crippen LogP contribution in [0.15, 0.2) is 18.2 Å². The second-order valence-electron chi connectivity index (χ2n) is 4.46. The molecule has 1 amide bonds. The number of ether oxygens (including phenoxy) is 1.